The molecule has 1 rings (SSSR count). The number of likely N-dealkylation sites (N-methyl/N-ethyl adjacent to an activating group) is 1. The Bertz CT molecular complexity index is 263. The molecule has 0 aliphatic rings. The third kappa shape index (κ3) is 3.75. The lowest BCUT2D eigenvalue weighted by Crippen LogP contribution is -2.20. The molecule has 1 heterocycles. The number of halogens is 1. The standard InChI is InChI=1S/C10H15ClN2/c1-3-13(2)5-4-9-6-10(11)8-12-7-9/h6-8H,3-5H2,1-2H3. The summed E-state index contributed by atoms with van der Waals surface area (Å²) < 4.78 is 0. The second-order valence-electron chi connectivity index (χ2n) is 3.16. The Hall–Kier alpha value is -0.600. The van der Waals surface area contributed by atoms with E-state index in [0.717, 1.165) is 24.5 Å². The van der Waals surface area contributed by atoms with E-state index in [2.05, 4.69) is 23.9 Å². The normalized spacial score (nSPS) is 10.8. The summed E-state index contributed by atoms with van der Waals surface area (Å²) in [4.78, 5) is 6.30. The van der Waals surface area contributed by atoms with Crippen molar-refractivity contribution in [3.63, 3.8) is 0 Å². The lowest BCUT2D eigenvalue weighted by molar-refractivity contribution is 0.357. The first kappa shape index (κ1) is 10.5. The van der Waals surface area contributed by atoms with Crippen molar-refractivity contribution < 1.29 is 0 Å². The predicted octanol–water partition coefficient (Wildman–Crippen LogP) is 2.23. The number of nitrogens with zero attached hydrogens (tertiary/aromatic N) is 2. The molecule has 2 nitrogen and oxygen atoms in total. The van der Waals surface area contributed by atoms with Gasteiger partial charge in [-0.05, 0) is 31.6 Å². The summed E-state index contributed by atoms with van der Waals surface area (Å²) in [7, 11) is 2.11. The molecule has 0 aliphatic carbocycles. The van der Waals surface area contributed by atoms with Crippen molar-refractivity contribution in [1.82, 2.24) is 9.88 Å². The number of aromatic nitrogens is 1. The van der Waals surface area contributed by atoms with Gasteiger partial charge in [0.15, 0.2) is 0 Å². The van der Waals surface area contributed by atoms with Crippen molar-refractivity contribution in [3.05, 3.63) is 29.0 Å². The van der Waals surface area contributed by atoms with Crippen LogP contribution < -0.4 is 0 Å². The molecule has 0 unspecified atom stereocenters. The second-order valence-corrected chi connectivity index (χ2v) is 3.59. The highest BCUT2D eigenvalue weighted by molar-refractivity contribution is 6.30. The molecular formula is C10H15ClN2. The van der Waals surface area contributed by atoms with E-state index in [1.165, 1.54) is 5.56 Å². The van der Waals surface area contributed by atoms with E-state index >= 15 is 0 Å². The molecule has 1 aromatic rings. The molecule has 0 spiro atoms. The van der Waals surface area contributed by atoms with Gasteiger partial charge < -0.3 is 4.90 Å². The maximum Gasteiger partial charge on any atom is 0.0592 e. The monoisotopic (exact) mass is 198 g/mol. The Balaban J connectivity index is 2.45. The highest BCUT2D eigenvalue weighted by Gasteiger charge is 1.97. The Morgan fingerprint density at radius 3 is 2.85 bits per heavy atom. The highest BCUT2D eigenvalue weighted by atomic mass is 35.5. The molecule has 72 valence electrons. The van der Waals surface area contributed by atoms with Crippen LogP contribution in [0.15, 0.2) is 18.5 Å². The van der Waals surface area contributed by atoms with E-state index in [9.17, 15) is 0 Å². The van der Waals surface area contributed by atoms with Gasteiger partial charge in [-0.15, -0.1) is 0 Å². The summed E-state index contributed by atoms with van der Waals surface area (Å²) >= 11 is 5.82. The summed E-state index contributed by atoms with van der Waals surface area (Å²) in [5.41, 5.74) is 1.20. The van der Waals surface area contributed by atoms with Crippen LogP contribution in [0.2, 0.25) is 5.02 Å². The number of hydrogen-bond donors (Lipinski definition) is 0. The maximum absolute atomic E-state index is 5.82. The summed E-state index contributed by atoms with van der Waals surface area (Å²) in [6.45, 7) is 4.28. The molecule has 0 fully saturated rings. The Morgan fingerprint density at radius 2 is 2.23 bits per heavy atom. The molecule has 0 saturated heterocycles. The van der Waals surface area contributed by atoms with E-state index in [1.54, 1.807) is 6.20 Å². The molecule has 0 atom stereocenters. The van der Waals surface area contributed by atoms with Gasteiger partial charge in [-0.1, -0.05) is 18.5 Å². The van der Waals surface area contributed by atoms with Gasteiger partial charge in [-0.2, -0.15) is 0 Å². The first-order chi connectivity index (χ1) is 6.22. The summed E-state index contributed by atoms with van der Waals surface area (Å²) in [5.74, 6) is 0. The third-order valence-electron chi connectivity index (χ3n) is 2.08. The molecule has 0 aliphatic heterocycles. The highest BCUT2D eigenvalue weighted by Crippen LogP contribution is 2.08. The quantitative estimate of drug-likeness (QED) is 0.738. The van der Waals surface area contributed by atoms with Crippen LogP contribution in [-0.4, -0.2) is 30.0 Å². The molecule has 0 saturated carbocycles. The predicted molar refractivity (Wildman–Crippen MR) is 56.1 cm³/mol. The van der Waals surface area contributed by atoms with Crippen LogP contribution in [0.1, 0.15) is 12.5 Å². The van der Waals surface area contributed by atoms with Crippen LogP contribution >= 0.6 is 11.6 Å². The minimum absolute atomic E-state index is 0.719. The van der Waals surface area contributed by atoms with Gasteiger partial charge in [-0.25, -0.2) is 0 Å². The summed E-state index contributed by atoms with van der Waals surface area (Å²) in [6, 6.07) is 1.97. The summed E-state index contributed by atoms with van der Waals surface area (Å²) in [5, 5.41) is 0.719. The van der Waals surface area contributed by atoms with Gasteiger partial charge in [-0.3, -0.25) is 4.98 Å². The number of rotatable bonds is 4. The number of pyridine rings is 1. The van der Waals surface area contributed by atoms with Crippen LogP contribution in [0, 0.1) is 0 Å². The molecule has 0 radical (unpaired) electrons. The molecule has 1 aromatic heterocycles. The van der Waals surface area contributed by atoms with Crippen molar-refractivity contribution in [1.29, 1.82) is 0 Å². The first-order valence-electron chi connectivity index (χ1n) is 4.50. The zero-order valence-electron chi connectivity index (χ0n) is 8.13. The molecule has 3 heteroatoms. The second kappa shape index (κ2) is 5.20. The molecular weight excluding hydrogens is 184 g/mol. The fourth-order valence-corrected chi connectivity index (χ4v) is 1.27. The smallest absolute Gasteiger partial charge is 0.0592 e. The van der Waals surface area contributed by atoms with E-state index in [0.29, 0.717) is 0 Å². The van der Waals surface area contributed by atoms with E-state index < -0.39 is 0 Å². The maximum atomic E-state index is 5.82. The van der Waals surface area contributed by atoms with Crippen molar-refractivity contribution in [2.45, 2.75) is 13.3 Å². The zero-order chi connectivity index (χ0) is 9.68. The minimum Gasteiger partial charge on any atom is -0.306 e. The van der Waals surface area contributed by atoms with Gasteiger partial charge in [0.05, 0.1) is 5.02 Å². The SMILES string of the molecule is CCN(C)CCc1cncc(Cl)c1. The van der Waals surface area contributed by atoms with Gasteiger partial charge in [0.1, 0.15) is 0 Å². The Morgan fingerprint density at radius 1 is 1.46 bits per heavy atom. The molecule has 0 bridgehead atoms. The van der Waals surface area contributed by atoms with Crippen molar-refractivity contribution in [2.24, 2.45) is 0 Å². The van der Waals surface area contributed by atoms with Crippen molar-refractivity contribution >= 4 is 11.6 Å². The van der Waals surface area contributed by atoms with Crippen molar-refractivity contribution in [2.75, 3.05) is 20.1 Å². The van der Waals surface area contributed by atoms with Crippen LogP contribution in [0.5, 0.6) is 0 Å². The van der Waals surface area contributed by atoms with Crippen LogP contribution in [0.4, 0.5) is 0 Å². The van der Waals surface area contributed by atoms with Gasteiger partial charge in [0.25, 0.3) is 0 Å². The van der Waals surface area contributed by atoms with E-state index in [4.69, 9.17) is 11.6 Å². The van der Waals surface area contributed by atoms with Crippen molar-refractivity contribution in [3.8, 4) is 0 Å². The van der Waals surface area contributed by atoms with Crippen LogP contribution in [0.3, 0.4) is 0 Å². The molecule has 0 amide bonds. The first-order valence-corrected chi connectivity index (χ1v) is 4.88. The molecule has 0 N–H and O–H groups in total. The average Bonchev–Trinajstić information content (AvgIpc) is 2.14. The Labute approximate surface area is 84.5 Å². The molecule has 13 heavy (non-hydrogen) atoms. The largest absolute Gasteiger partial charge is 0.306 e. The van der Waals surface area contributed by atoms with Gasteiger partial charge in [0, 0.05) is 18.9 Å². The minimum atomic E-state index is 0.719. The van der Waals surface area contributed by atoms with E-state index in [1.807, 2.05) is 12.3 Å². The Kier molecular flexibility index (Phi) is 4.19. The van der Waals surface area contributed by atoms with Crippen LogP contribution in [0.25, 0.3) is 0 Å². The third-order valence-corrected chi connectivity index (χ3v) is 2.29. The lowest BCUT2D eigenvalue weighted by atomic mass is 10.2. The van der Waals surface area contributed by atoms with E-state index in [-0.39, 0.29) is 0 Å². The average molecular weight is 199 g/mol. The number of hydrogen-bond acceptors (Lipinski definition) is 2. The summed E-state index contributed by atoms with van der Waals surface area (Å²) in [6.07, 6.45) is 4.54. The fourth-order valence-electron chi connectivity index (χ4n) is 1.07. The zero-order valence-corrected chi connectivity index (χ0v) is 8.88. The fraction of sp³-hybridized carbons (Fsp3) is 0.500. The topological polar surface area (TPSA) is 16.1 Å². The van der Waals surface area contributed by atoms with Gasteiger partial charge in [0.2, 0.25) is 0 Å². The lowest BCUT2D eigenvalue weighted by Gasteiger charge is -2.12. The van der Waals surface area contributed by atoms with Gasteiger partial charge >= 0.3 is 0 Å². The van der Waals surface area contributed by atoms with Crippen LogP contribution in [-0.2, 0) is 6.42 Å². The molecule has 0 aromatic carbocycles.